The van der Waals surface area contributed by atoms with Crippen LogP contribution in [0, 0.1) is 15.9 Å². The molecule has 0 aliphatic carbocycles. The van der Waals surface area contributed by atoms with Crippen LogP contribution in [-0.4, -0.2) is 21.0 Å². The predicted molar refractivity (Wildman–Crippen MR) is 122 cm³/mol. The maximum Gasteiger partial charge on any atom is 0.293 e. The first kappa shape index (κ1) is 22.2. The Morgan fingerprint density at radius 1 is 1.00 bits per heavy atom. The van der Waals surface area contributed by atoms with E-state index in [1.807, 2.05) is 0 Å². The number of para-hydroxylation sites is 1. The molecule has 1 fully saturated rings. The molecule has 7 nitrogen and oxygen atoms in total. The van der Waals surface area contributed by atoms with Crippen LogP contribution in [0.1, 0.15) is 16.7 Å². The first-order chi connectivity index (χ1) is 15.9. The number of benzene rings is 3. The molecule has 2 amide bonds. The first-order valence-corrected chi connectivity index (χ1v) is 10.7. The number of hydrogen-bond acceptors (Lipinski definition) is 6. The Balaban J connectivity index is 1.50. The van der Waals surface area contributed by atoms with Crippen molar-refractivity contribution in [1.82, 2.24) is 4.90 Å². The quantitative estimate of drug-likeness (QED) is 0.259. The molecule has 0 saturated carbocycles. The molecule has 9 heteroatoms. The van der Waals surface area contributed by atoms with E-state index >= 15 is 0 Å². The number of amides is 2. The van der Waals surface area contributed by atoms with E-state index in [-0.39, 0.29) is 29.6 Å². The Bertz CT molecular complexity index is 1260. The molecule has 4 rings (SSSR count). The van der Waals surface area contributed by atoms with Crippen molar-refractivity contribution in [3.63, 3.8) is 0 Å². The zero-order chi connectivity index (χ0) is 23.4. The van der Waals surface area contributed by atoms with Crippen LogP contribution in [0.3, 0.4) is 0 Å². The normalized spacial score (nSPS) is 14.7. The molecule has 0 unspecified atom stereocenters. The summed E-state index contributed by atoms with van der Waals surface area (Å²) in [5.41, 5.74) is 1.50. The van der Waals surface area contributed by atoms with Crippen LogP contribution in [0.15, 0.2) is 77.7 Å². The molecule has 0 aromatic heterocycles. The van der Waals surface area contributed by atoms with Crippen LogP contribution in [-0.2, 0) is 17.9 Å². The Morgan fingerprint density at radius 3 is 2.42 bits per heavy atom. The molecule has 3 aromatic carbocycles. The van der Waals surface area contributed by atoms with Crippen molar-refractivity contribution in [2.24, 2.45) is 0 Å². The lowest BCUT2D eigenvalue weighted by atomic mass is 10.1. The van der Waals surface area contributed by atoms with Crippen molar-refractivity contribution < 1.29 is 23.6 Å². The van der Waals surface area contributed by atoms with Gasteiger partial charge in [0.15, 0.2) is 0 Å². The minimum atomic E-state index is -0.516. The summed E-state index contributed by atoms with van der Waals surface area (Å²) in [5, 5.41) is 10.4. The van der Waals surface area contributed by atoms with Gasteiger partial charge in [0, 0.05) is 23.3 Å². The number of carbonyl (C=O) groups excluding carboxylic acids is 2. The SMILES string of the molecule is O=C1S/C(=C\c2ccccc2OCc2ccccc2F)C(=O)N1Cc1ccc([N+](=O)[O-])cc1. The smallest absolute Gasteiger partial charge is 0.293 e. The van der Waals surface area contributed by atoms with Gasteiger partial charge in [-0.05, 0) is 35.5 Å². The van der Waals surface area contributed by atoms with E-state index in [9.17, 15) is 24.1 Å². The second kappa shape index (κ2) is 9.66. The molecule has 33 heavy (non-hydrogen) atoms. The summed E-state index contributed by atoms with van der Waals surface area (Å²) in [6, 6.07) is 18.9. The fraction of sp³-hybridized carbons (Fsp3) is 0.0833. The lowest BCUT2D eigenvalue weighted by molar-refractivity contribution is -0.384. The predicted octanol–water partition coefficient (Wildman–Crippen LogP) is 5.55. The molecule has 0 atom stereocenters. The standard InChI is InChI=1S/C24H17FN2O5S/c25-20-7-3-1-6-18(20)15-32-21-8-4-2-5-17(21)13-22-23(28)26(24(29)33-22)14-16-9-11-19(12-10-16)27(30)31/h1-13H,14-15H2/b22-13-. The van der Waals surface area contributed by atoms with Gasteiger partial charge in [-0.15, -0.1) is 0 Å². The fourth-order valence-electron chi connectivity index (χ4n) is 3.19. The van der Waals surface area contributed by atoms with Crippen molar-refractivity contribution in [1.29, 1.82) is 0 Å². The number of nitrogens with zero attached hydrogens (tertiary/aromatic N) is 2. The summed E-state index contributed by atoms with van der Waals surface area (Å²) in [4.78, 5) is 36.9. The highest BCUT2D eigenvalue weighted by atomic mass is 32.2. The second-order valence-corrected chi connectivity index (χ2v) is 8.10. The van der Waals surface area contributed by atoms with Crippen LogP contribution < -0.4 is 4.74 Å². The van der Waals surface area contributed by atoms with Crippen molar-refractivity contribution in [3.05, 3.63) is 110 Å². The number of thioether (sulfide) groups is 1. The number of non-ortho nitro benzene ring substituents is 1. The molecule has 0 radical (unpaired) electrons. The molecule has 1 aliphatic heterocycles. The molecular formula is C24H17FN2O5S. The molecule has 166 valence electrons. The summed E-state index contributed by atoms with van der Waals surface area (Å²) >= 11 is 0.804. The van der Waals surface area contributed by atoms with Gasteiger partial charge in [0.05, 0.1) is 16.4 Å². The maximum absolute atomic E-state index is 13.9. The summed E-state index contributed by atoms with van der Waals surface area (Å²) < 4.78 is 19.7. The van der Waals surface area contributed by atoms with Crippen molar-refractivity contribution in [3.8, 4) is 5.75 Å². The van der Waals surface area contributed by atoms with E-state index in [0.29, 0.717) is 22.4 Å². The number of imide groups is 1. The van der Waals surface area contributed by atoms with E-state index in [1.165, 1.54) is 30.3 Å². The van der Waals surface area contributed by atoms with E-state index in [0.717, 1.165) is 16.7 Å². The minimum absolute atomic E-state index is 0.00539. The first-order valence-electron chi connectivity index (χ1n) is 9.86. The highest BCUT2D eigenvalue weighted by Gasteiger charge is 2.35. The van der Waals surface area contributed by atoms with Crippen molar-refractivity contribution >= 4 is 34.7 Å². The van der Waals surface area contributed by atoms with E-state index in [4.69, 9.17) is 4.74 Å². The Kier molecular flexibility index (Phi) is 6.50. The minimum Gasteiger partial charge on any atom is -0.488 e. The molecule has 1 saturated heterocycles. The molecule has 0 N–H and O–H groups in total. The van der Waals surface area contributed by atoms with E-state index < -0.39 is 16.1 Å². The highest BCUT2D eigenvalue weighted by Crippen LogP contribution is 2.35. The van der Waals surface area contributed by atoms with Gasteiger partial charge in [-0.25, -0.2) is 4.39 Å². The molecule has 0 bridgehead atoms. The number of carbonyl (C=O) groups is 2. The third-order valence-electron chi connectivity index (χ3n) is 4.91. The Hall–Kier alpha value is -3.98. The van der Waals surface area contributed by atoms with Crippen LogP contribution >= 0.6 is 11.8 Å². The van der Waals surface area contributed by atoms with Gasteiger partial charge in [-0.1, -0.05) is 48.5 Å². The van der Waals surface area contributed by atoms with Gasteiger partial charge < -0.3 is 4.74 Å². The number of nitro benzene ring substituents is 1. The summed E-state index contributed by atoms with van der Waals surface area (Å²) in [7, 11) is 0. The van der Waals surface area contributed by atoms with Crippen molar-refractivity contribution in [2.75, 3.05) is 0 Å². The largest absolute Gasteiger partial charge is 0.488 e. The van der Waals surface area contributed by atoms with Crippen LogP contribution in [0.5, 0.6) is 5.75 Å². The number of hydrogen-bond donors (Lipinski definition) is 0. The number of nitro groups is 1. The third kappa shape index (κ3) is 5.09. The number of ether oxygens (including phenoxy) is 1. The lowest BCUT2D eigenvalue weighted by Crippen LogP contribution is -2.27. The average molecular weight is 464 g/mol. The topological polar surface area (TPSA) is 89.8 Å². The maximum atomic E-state index is 13.9. The van der Waals surface area contributed by atoms with Gasteiger partial charge in [-0.2, -0.15) is 0 Å². The molecule has 1 aliphatic rings. The Labute approximate surface area is 192 Å². The van der Waals surface area contributed by atoms with E-state index in [1.54, 1.807) is 48.5 Å². The van der Waals surface area contributed by atoms with Gasteiger partial charge in [-0.3, -0.25) is 24.6 Å². The van der Waals surface area contributed by atoms with Crippen LogP contribution in [0.4, 0.5) is 14.9 Å². The summed E-state index contributed by atoms with van der Waals surface area (Å²) in [6.45, 7) is 0.0184. The molecular weight excluding hydrogens is 447 g/mol. The van der Waals surface area contributed by atoms with Crippen LogP contribution in [0.25, 0.3) is 6.08 Å². The average Bonchev–Trinajstić information content (AvgIpc) is 3.07. The van der Waals surface area contributed by atoms with E-state index in [2.05, 4.69) is 0 Å². The van der Waals surface area contributed by atoms with Gasteiger partial charge in [0.2, 0.25) is 0 Å². The molecule has 3 aromatic rings. The third-order valence-corrected chi connectivity index (χ3v) is 5.82. The summed E-state index contributed by atoms with van der Waals surface area (Å²) in [6.07, 6.45) is 1.57. The van der Waals surface area contributed by atoms with Gasteiger partial charge >= 0.3 is 0 Å². The molecule has 1 heterocycles. The highest BCUT2D eigenvalue weighted by molar-refractivity contribution is 8.18. The number of rotatable bonds is 7. The zero-order valence-corrected chi connectivity index (χ0v) is 18.0. The monoisotopic (exact) mass is 464 g/mol. The van der Waals surface area contributed by atoms with Crippen LogP contribution in [0.2, 0.25) is 0 Å². The van der Waals surface area contributed by atoms with Gasteiger partial charge in [0.1, 0.15) is 18.2 Å². The number of halogens is 1. The molecule has 0 spiro atoms. The Morgan fingerprint density at radius 2 is 1.70 bits per heavy atom. The lowest BCUT2D eigenvalue weighted by Gasteiger charge is -2.12. The fourth-order valence-corrected chi connectivity index (χ4v) is 4.01. The zero-order valence-electron chi connectivity index (χ0n) is 17.1. The second-order valence-electron chi connectivity index (χ2n) is 7.11. The van der Waals surface area contributed by atoms with Gasteiger partial charge in [0.25, 0.3) is 16.8 Å². The summed E-state index contributed by atoms with van der Waals surface area (Å²) in [5.74, 6) is -0.391. The van der Waals surface area contributed by atoms with Crippen molar-refractivity contribution in [2.45, 2.75) is 13.2 Å².